The number of hydrogen-bond donors (Lipinski definition) is 1. The molecule has 0 saturated heterocycles. The van der Waals surface area contributed by atoms with Crippen molar-refractivity contribution in [3.8, 4) is 11.8 Å². The predicted octanol–water partition coefficient (Wildman–Crippen LogP) is 1.76. The van der Waals surface area contributed by atoms with Gasteiger partial charge >= 0.3 is 6.01 Å². The Balaban J connectivity index is 2.11. The molecule has 0 aliphatic carbocycles. The van der Waals surface area contributed by atoms with Gasteiger partial charge in [0.25, 0.3) is 0 Å². The third-order valence-corrected chi connectivity index (χ3v) is 1.82. The average Bonchev–Trinajstić information content (AvgIpc) is 2.31. The molecule has 2 rings (SSSR count). The number of para-hydroxylation sites is 1. The zero-order chi connectivity index (χ0) is 10.5. The van der Waals surface area contributed by atoms with Crippen molar-refractivity contribution in [1.82, 2.24) is 9.97 Å². The average molecular weight is 202 g/mol. The fourth-order valence-corrected chi connectivity index (χ4v) is 1.07. The number of hydrogen-bond acceptors (Lipinski definition) is 4. The highest BCUT2D eigenvalue weighted by molar-refractivity contribution is 5.24. The van der Waals surface area contributed by atoms with E-state index in [0.717, 1.165) is 0 Å². The van der Waals surface area contributed by atoms with Crippen LogP contribution in [-0.4, -0.2) is 15.1 Å². The number of rotatable bonds is 3. The molecule has 0 amide bonds. The molecule has 0 aliphatic rings. The van der Waals surface area contributed by atoms with Gasteiger partial charge in [-0.05, 0) is 12.1 Å². The lowest BCUT2D eigenvalue weighted by Crippen LogP contribution is -1.93. The molecule has 1 aromatic carbocycles. The van der Waals surface area contributed by atoms with Crippen molar-refractivity contribution in [1.29, 1.82) is 0 Å². The third kappa shape index (κ3) is 2.51. The van der Waals surface area contributed by atoms with Gasteiger partial charge in [0.05, 0.1) is 6.61 Å². The topological polar surface area (TPSA) is 55.2 Å². The van der Waals surface area contributed by atoms with Crippen LogP contribution >= 0.6 is 0 Å². The molecule has 0 saturated carbocycles. The zero-order valence-electron chi connectivity index (χ0n) is 8.00. The number of aliphatic hydroxyl groups is 1. The summed E-state index contributed by atoms with van der Waals surface area (Å²) in [6, 6.07) is 9.57. The summed E-state index contributed by atoms with van der Waals surface area (Å²) < 4.78 is 5.37. The highest BCUT2D eigenvalue weighted by Crippen LogP contribution is 2.15. The van der Waals surface area contributed by atoms with Gasteiger partial charge in [0.15, 0.2) is 0 Å². The molecule has 0 aliphatic heterocycles. The van der Waals surface area contributed by atoms with Gasteiger partial charge in [0.1, 0.15) is 5.75 Å². The summed E-state index contributed by atoms with van der Waals surface area (Å²) in [6.45, 7) is -0.0639. The molecule has 15 heavy (non-hydrogen) atoms. The number of ether oxygens (including phenoxy) is 1. The van der Waals surface area contributed by atoms with Gasteiger partial charge < -0.3 is 9.84 Å². The Morgan fingerprint density at radius 2 is 1.73 bits per heavy atom. The molecule has 1 N–H and O–H groups in total. The second kappa shape index (κ2) is 4.52. The van der Waals surface area contributed by atoms with Crippen LogP contribution in [-0.2, 0) is 6.61 Å². The lowest BCUT2D eigenvalue weighted by molar-refractivity contribution is 0.280. The van der Waals surface area contributed by atoms with Gasteiger partial charge in [0, 0.05) is 18.0 Å². The van der Waals surface area contributed by atoms with E-state index in [1.54, 1.807) is 0 Å². The monoisotopic (exact) mass is 202 g/mol. The minimum absolute atomic E-state index is 0.0639. The summed E-state index contributed by atoms with van der Waals surface area (Å²) in [6.07, 6.45) is 3.07. The van der Waals surface area contributed by atoms with Crippen LogP contribution in [0, 0.1) is 0 Å². The highest BCUT2D eigenvalue weighted by Gasteiger charge is 1.99. The number of benzene rings is 1. The lowest BCUT2D eigenvalue weighted by atomic mass is 10.3. The van der Waals surface area contributed by atoms with Gasteiger partial charge in [-0.25, -0.2) is 9.97 Å². The van der Waals surface area contributed by atoms with Crippen LogP contribution in [0.2, 0.25) is 0 Å². The van der Waals surface area contributed by atoms with E-state index in [1.807, 2.05) is 30.3 Å². The van der Waals surface area contributed by atoms with Crippen molar-refractivity contribution in [3.63, 3.8) is 0 Å². The minimum Gasteiger partial charge on any atom is -0.424 e. The smallest absolute Gasteiger partial charge is 0.321 e. The van der Waals surface area contributed by atoms with Crippen molar-refractivity contribution in [2.75, 3.05) is 0 Å². The first-order chi connectivity index (χ1) is 7.38. The summed E-state index contributed by atoms with van der Waals surface area (Å²) >= 11 is 0. The molecular weight excluding hydrogens is 192 g/mol. The van der Waals surface area contributed by atoms with Gasteiger partial charge in [-0.2, -0.15) is 0 Å². The van der Waals surface area contributed by atoms with Crippen LogP contribution in [0.3, 0.4) is 0 Å². The molecule has 0 spiro atoms. The molecule has 1 aromatic heterocycles. The van der Waals surface area contributed by atoms with E-state index < -0.39 is 0 Å². The Bertz CT molecular complexity index is 414. The summed E-state index contributed by atoms with van der Waals surface area (Å²) in [5.74, 6) is 0.689. The van der Waals surface area contributed by atoms with Crippen LogP contribution in [0.15, 0.2) is 42.7 Å². The van der Waals surface area contributed by atoms with Crippen LogP contribution in [0.25, 0.3) is 0 Å². The van der Waals surface area contributed by atoms with Crippen molar-refractivity contribution >= 4 is 0 Å². The van der Waals surface area contributed by atoms with Gasteiger partial charge in [-0.15, -0.1) is 0 Å². The second-order valence-electron chi connectivity index (χ2n) is 2.95. The Morgan fingerprint density at radius 1 is 1.07 bits per heavy atom. The fourth-order valence-electron chi connectivity index (χ4n) is 1.07. The van der Waals surface area contributed by atoms with E-state index in [9.17, 15) is 0 Å². The molecule has 0 atom stereocenters. The van der Waals surface area contributed by atoms with E-state index in [4.69, 9.17) is 9.84 Å². The first-order valence-electron chi connectivity index (χ1n) is 4.53. The van der Waals surface area contributed by atoms with Crippen LogP contribution < -0.4 is 4.74 Å². The molecule has 2 aromatic rings. The summed E-state index contributed by atoms with van der Waals surface area (Å²) in [4.78, 5) is 7.90. The quantitative estimate of drug-likeness (QED) is 0.823. The van der Waals surface area contributed by atoms with Gasteiger partial charge in [-0.3, -0.25) is 0 Å². The van der Waals surface area contributed by atoms with Crippen LogP contribution in [0.1, 0.15) is 5.56 Å². The standard InChI is InChI=1S/C11H10N2O2/c14-8-9-6-12-11(13-7-9)15-10-4-2-1-3-5-10/h1-7,14H,8H2. The van der Waals surface area contributed by atoms with E-state index >= 15 is 0 Å². The second-order valence-corrected chi connectivity index (χ2v) is 2.95. The minimum atomic E-state index is -0.0639. The van der Waals surface area contributed by atoms with Crippen molar-refractivity contribution in [2.45, 2.75) is 6.61 Å². The first-order valence-corrected chi connectivity index (χ1v) is 4.53. The molecule has 0 radical (unpaired) electrons. The normalized spacial score (nSPS) is 9.93. The maximum Gasteiger partial charge on any atom is 0.321 e. The summed E-state index contributed by atoms with van der Waals surface area (Å²) in [7, 11) is 0. The Kier molecular flexibility index (Phi) is 2.90. The van der Waals surface area contributed by atoms with E-state index in [2.05, 4.69) is 9.97 Å². The highest BCUT2D eigenvalue weighted by atomic mass is 16.5. The lowest BCUT2D eigenvalue weighted by Gasteiger charge is -2.02. The fraction of sp³-hybridized carbons (Fsp3) is 0.0909. The van der Waals surface area contributed by atoms with Crippen LogP contribution in [0.4, 0.5) is 0 Å². The predicted molar refractivity (Wildman–Crippen MR) is 54.5 cm³/mol. The molecular formula is C11H10N2O2. The molecule has 1 heterocycles. The molecule has 76 valence electrons. The maximum atomic E-state index is 8.80. The molecule has 4 heteroatoms. The Labute approximate surface area is 87.2 Å². The first kappa shape index (κ1) is 9.61. The molecule has 0 fully saturated rings. The molecule has 0 bridgehead atoms. The van der Waals surface area contributed by atoms with E-state index in [1.165, 1.54) is 12.4 Å². The number of aromatic nitrogens is 2. The van der Waals surface area contributed by atoms with Gasteiger partial charge in [-0.1, -0.05) is 18.2 Å². The number of nitrogens with zero attached hydrogens (tertiary/aromatic N) is 2. The third-order valence-electron chi connectivity index (χ3n) is 1.82. The summed E-state index contributed by atoms with van der Waals surface area (Å²) in [5.41, 5.74) is 0.662. The van der Waals surface area contributed by atoms with E-state index in [-0.39, 0.29) is 12.6 Å². The van der Waals surface area contributed by atoms with Crippen LogP contribution in [0.5, 0.6) is 11.8 Å². The van der Waals surface area contributed by atoms with Crippen molar-refractivity contribution in [3.05, 3.63) is 48.3 Å². The van der Waals surface area contributed by atoms with Crippen molar-refractivity contribution in [2.24, 2.45) is 0 Å². The zero-order valence-corrected chi connectivity index (χ0v) is 8.00. The van der Waals surface area contributed by atoms with Crippen molar-refractivity contribution < 1.29 is 9.84 Å². The maximum absolute atomic E-state index is 8.80. The molecule has 4 nitrogen and oxygen atoms in total. The Hall–Kier alpha value is -1.94. The van der Waals surface area contributed by atoms with E-state index in [0.29, 0.717) is 11.3 Å². The van der Waals surface area contributed by atoms with Gasteiger partial charge in [0.2, 0.25) is 0 Å². The molecule has 0 unspecified atom stereocenters. The number of aliphatic hydroxyl groups excluding tert-OH is 1. The summed E-state index contributed by atoms with van der Waals surface area (Å²) in [5, 5.41) is 8.80. The Morgan fingerprint density at radius 3 is 2.33 bits per heavy atom. The largest absolute Gasteiger partial charge is 0.424 e. The SMILES string of the molecule is OCc1cnc(Oc2ccccc2)nc1.